The quantitative estimate of drug-likeness (QED) is 0.280. The molecule has 4 aromatic rings. The van der Waals surface area contributed by atoms with E-state index in [-0.39, 0.29) is 30.2 Å². The Morgan fingerprint density at radius 3 is 2.08 bits per heavy atom. The third kappa shape index (κ3) is 6.94. The molecule has 0 aliphatic rings. The lowest BCUT2D eigenvalue weighted by Crippen LogP contribution is -2.45. The van der Waals surface area contributed by atoms with Crippen LogP contribution in [0.5, 0.6) is 0 Å². The summed E-state index contributed by atoms with van der Waals surface area (Å²) in [6, 6.07) is 29.1. The van der Waals surface area contributed by atoms with Crippen LogP contribution in [0.15, 0.2) is 103 Å². The molecule has 0 saturated carbocycles. The highest BCUT2D eigenvalue weighted by molar-refractivity contribution is 5.96. The van der Waals surface area contributed by atoms with Crippen LogP contribution in [0, 0.1) is 5.82 Å². The van der Waals surface area contributed by atoms with E-state index in [1.54, 1.807) is 34.1 Å². The number of nitrogens with zero attached hydrogens (tertiary/aromatic N) is 3. The maximum atomic E-state index is 13.7. The van der Waals surface area contributed by atoms with Crippen LogP contribution >= 0.6 is 0 Å². The van der Waals surface area contributed by atoms with E-state index in [1.807, 2.05) is 80.7 Å². The van der Waals surface area contributed by atoms with Crippen molar-refractivity contribution in [1.82, 2.24) is 14.4 Å². The lowest BCUT2D eigenvalue weighted by molar-refractivity contribution is -0.133. The molecule has 0 spiro atoms. The molecule has 0 fully saturated rings. The standard InChI is InChI=1S/C31H32FN3O2/c1-24(2)35(31(37)27-12-7-4-8-13-27)23-30(36)34(21-25-10-5-3-6-11-25)22-29-14-9-19-33(29)20-26-15-17-28(32)18-16-26/h3-19,24H,20-23H2,1-2H3. The molecule has 0 aliphatic heterocycles. The Bertz CT molecular complexity index is 1300. The zero-order valence-corrected chi connectivity index (χ0v) is 21.3. The second kappa shape index (κ2) is 12.2. The van der Waals surface area contributed by atoms with E-state index in [4.69, 9.17) is 0 Å². The van der Waals surface area contributed by atoms with Crippen molar-refractivity contribution >= 4 is 11.8 Å². The molecule has 0 aliphatic carbocycles. The zero-order chi connectivity index (χ0) is 26.2. The second-order valence-corrected chi connectivity index (χ2v) is 9.38. The van der Waals surface area contributed by atoms with Crippen LogP contribution in [0.2, 0.25) is 0 Å². The maximum absolute atomic E-state index is 13.7. The molecule has 2 amide bonds. The van der Waals surface area contributed by atoms with Gasteiger partial charge in [0.15, 0.2) is 0 Å². The Hall–Kier alpha value is -4.19. The summed E-state index contributed by atoms with van der Waals surface area (Å²) in [5, 5.41) is 0. The SMILES string of the molecule is CC(C)N(CC(=O)N(Cc1ccccc1)Cc1cccn1Cc1ccc(F)cc1)C(=O)c1ccccc1. The lowest BCUT2D eigenvalue weighted by Gasteiger charge is -2.30. The summed E-state index contributed by atoms with van der Waals surface area (Å²) in [6.07, 6.45) is 1.96. The van der Waals surface area contributed by atoms with Crippen molar-refractivity contribution < 1.29 is 14.0 Å². The van der Waals surface area contributed by atoms with Crippen LogP contribution in [-0.2, 0) is 24.4 Å². The van der Waals surface area contributed by atoms with Crippen molar-refractivity contribution in [3.05, 3.63) is 131 Å². The number of amides is 2. The van der Waals surface area contributed by atoms with Gasteiger partial charge in [0, 0.05) is 36.6 Å². The Balaban J connectivity index is 1.56. The topological polar surface area (TPSA) is 45.6 Å². The molecule has 0 saturated heterocycles. The summed E-state index contributed by atoms with van der Waals surface area (Å²) in [7, 11) is 0. The molecule has 0 radical (unpaired) electrons. The van der Waals surface area contributed by atoms with E-state index in [1.165, 1.54) is 12.1 Å². The number of hydrogen-bond acceptors (Lipinski definition) is 2. The predicted octanol–water partition coefficient (Wildman–Crippen LogP) is 5.76. The summed E-state index contributed by atoms with van der Waals surface area (Å²) >= 11 is 0. The number of carbonyl (C=O) groups is 2. The van der Waals surface area contributed by atoms with Crippen molar-refractivity contribution in [3.63, 3.8) is 0 Å². The number of carbonyl (C=O) groups excluding carboxylic acids is 2. The van der Waals surface area contributed by atoms with Crippen molar-refractivity contribution in [1.29, 1.82) is 0 Å². The first-order chi connectivity index (χ1) is 17.9. The van der Waals surface area contributed by atoms with Crippen molar-refractivity contribution in [2.75, 3.05) is 6.54 Å². The third-order valence-electron chi connectivity index (χ3n) is 6.32. The number of hydrogen-bond donors (Lipinski definition) is 0. The van der Waals surface area contributed by atoms with E-state index < -0.39 is 0 Å². The minimum Gasteiger partial charge on any atom is -0.345 e. The highest BCUT2D eigenvalue weighted by Crippen LogP contribution is 2.16. The molecule has 0 unspecified atom stereocenters. The maximum Gasteiger partial charge on any atom is 0.254 e. The molecule has 4 rings (SSSR count). The summed E-state index contributed by atoms with van der Waals surface area (Å²) in [5.41, 5.74) is 3.50. The van der Waals surface area contributed by atoms with Gasteiger partial charge < -0.3 is 14.4 Å². The van der Waals surface area contributed by atoms with Crippen LogP contribution in [0.4, 0.5) is 4.39 Å². The second-order valence-electron chi connectivity index (χ2n) is 9.38. The van der Waals surface area contributed by atoms with Gasteiger partial charge in [-0.15, -0.1) is 0 Å². The van der Waals surface area contributed by atoms with Gasteiger partial charge in [0.1, 0.15) is 12.4 Å². The fourth-order valence-corrected chi connectivity index (χ4v) is 4.25. The van der Waals surface area contributed by atoms with E-state index in [0.29, 0.717) is 25.2 Å². The van der Waals surface area contributed by atoms with E-state index in [0.717, 1.165) is 16.8 Å². The molecule has 1 heterocycles. The van der Waals surface area contributed by atoms with Gasteiger partial charge >= 0.3 is 0 Å². The molecule has 0 bridgehead atoms. The van der Waals surface area contributed by atoms with Crippen molar-refractivity contribution in [2.24, 2.45) is 0 Å². The summed E-state index contributed by atoms with van der Waals surface area (Å²) < 4.78 is 15.4. The normalized spacial score (nSPS) is 10.9. The summed E-state index contributed by atoms with van der Waals surface area (Å²) in [5.74, 6) is -0.560. The number of benzene rings is 3. The van der Waals surface area contributed by atoms with Gasteiger partial charge in [-0.3, -0.25) is 9.59 Å². The fraction of sp³-hybridized carbons (Fsp3) is 0.226. The van der Waals surface area contributed by atoms with Gasteiger partial charge in [0.2, 0.25) is 5.91 Å². The van der Waals surface area contributed by atoms with Gasteiger partial charge in [-0.2, -0.15) is 0 Å². The first kappa shape index (κ1) is 25.9. The van der Waals surface area contributed by atoms with Gasteiger partial charge in [0.05, 0.1) is 6.54 Å². The first-order valence-corrected chi connectivity index (χ1v) is 12.5. The fourth-order valence-electron chi connectivity index (χ4n) is 4.25. The minimum absolute atomic E-state index is 0.0170. The Labute approximate surface area is 217 Å². The Morgan fingerprint density at radius 1 is 0.784 bits per heavy atom. The smallest absolute Gasteiger partial charge is 0.254 e. The predicted molar refractivity (Wildman–Crippen MR) is 143 cm³/mol. The molecule has 190 valence electrons. The molecule has 6 heteroatoms. The molecule has 0 N–H and O–H groups in total. The van der Waals surface area contributed by atoms with Crippen LogP contribution in [0.3, 0.4) is 0 Å². The summed E-state index contributed by atoms with van der Waals surface area (Å²) in [4.78, 5) is 30.3. The number of halogens is 1. The van der Waals surface area contributed by atoms with E-state index in [2.05, 4.69) is 4.57 Å². The molecule has 37 heavy (non-hydrogen) atoms. The minimum atomic E-state index is -0.268. The van der Waals surface area contributed by atoms with Crippen LogP contribution in [0.1, 0.15) is 41.0 Å². The van der Waals surface area contributed by atoms with Crippen LogP contribution in [0.25, 0.3) is 0 Å². The van der Waals surface area contributed by atoms with Gasteiger partial charge in [-0.05, 0) is 61.4 Å². The van der Waals surface area contributed by atoms with Gasteiger partial charge in [-0.1, -0.05) is 60.7 Å². The third-order valence-corrected chi connectivity index (χ3v) is 6.32. The van der Waals surface area contributed by atoms with Gasteiger partial charge in [-0.25, -0.2) is 4.39 Å². The van der Waals surface area contributed by atoms with Crippen LogP contribution < -0.4 is 0 Å². The average Bonchev–Trinajstić information content (AvgIpc) is 3.35. The highest BCUT2D eigenvalue weighted by atomic mass is 19.1. The van der Waals surface area contributed by atoms with Crippen LogP contribution in [-0.4, -0.2) is 38.8 Å². The molecule has 1 aromatic heterocycles. The molecular weight excluding hydrogens is 465 g/mol. The zero-order valence-electron chi connectivity index (χ0n) is 21.3. The Morgan fingerprint density at radius 2 is 1.43 bits per heavy atom. The van der Waals surface area contributed by atoms with Gasteiger partial charge in [0.25, 0.3) is 5.91 Å². The molecule has 0 atom stereocenters. The van der Waals surface area contributed by atoms with Crippen molar-refractivity contribution in [3.8, 4) is 0 Å². The monoisotopic (exact) mass is 497 g/mol. The lowest BCUT2D eigenvalue weighted by atomic mass is 10.1. The van der Waals surface area contributed by atoms with E-state index >= 15 is 0 Å². The number of rotatable bonds is 10. The van der Waals surface area contributed by atoms with Crippen molar-refractivity contribution in [2.45, 2.75) is 39.5 Å². The highest BCUT2D eigenvalue weighted by Gasteiger charge is 2.25. The molecule has 3 aromatic carbocycles. The molecule has 5 nitrogen and oxygen atoms in total. The summed E-state index contributed by atoms with van der Waals surface area (Å²) in [6.45, 7) is 5.20. The number of aromatic nitrogens is 1. The van der Waals surface area contributed by atoms with E-state index in [9.17, 15) is 14.0 Å². The first-order valence-electron chi connectivity index (χ1n) is 12.5. The molecular formula is C31H32FN3O2. The largest absolute Gasteiger partial charge is 0.345 e. The average molecular weight is 498 g/mol. The Kier molecular flexibility index (Phi) is 8.52.